The summed E-state index contributed by atoms with van der Waals surface area (Å²) in [6, 6.07) is 0. The number of unbranched alkanes of at least 4 members (excludes halogenated alkanes) is 24. The largest absolute Gasteiger partial charge is 0.472 e. The van der Waals surface area contributed by atoms with Crippen LogP contribution in [0.1, 0.15) is 285 Å². The summed E-state index contributed by atoms with van der Waals surface area (Å²) in [4.78, 5) is 72.5. The highest BCUT2D eigenvalue weighted by atomic mass is 31.2. The van der Waals surface area contributed by atoms with E-state index >= 15 is 0 Å². The van der Waals surface area contributed by atoms with Crippen molar-refractivity contribution in [2.24, 2.45) is 0 Å². The van der Waals surface area contributed by atoms with Crippen molar-refractivity contribution >= 4 is 39.5 Å². The molecule has 5 atom stereocenters. The Balaban J connectivity index is 5.41. The molecule has 0 heterocycles. The second-order valence-corrected chi connectivity index (χ2v) is 26.7. The summed E-state index contributed by atoms with van der Waals surface area (Å²) in [6.45, 7) is 4.50. The van der Waals surface area contributed by atoms with E-state index in [-0.39, 0.29) is 25.7 Å². The molecular weight excluding hydrogens is 1230 g/mol. The van der Waals surface area contributed by atoms with Crippen LogP contribution in [0.2, 0.25) is 0 Å². The third-order valence-corrected chi connectivity index (χ3v) is 16.6. The van der Waals surface area contributed by atoms with Gasteiger partial charge in [-0.25, -0.2) is 9.13 Å². The maximum atomic E-state index is 13.0. The number of hydrogen-bond acceptors (Lipinski definition) is 15. The van der Waals surface area contributed by atoms with Gasteiger partial charge in [-0.1, -0.05) is 259 Å². The molecule has 0 fully saturated rings. The third-order valence-electron chi connectivity index (χ3n) is 14.7. The topological polar surface area (TPSA) is 237 Å². The number of carbonyl (C=O) groups is 4. The maximum absolute atomic E-state index is 13.0. The third kappa shape index (κ3) is 66.3. The lowest BCUT2D eigenvalue weighted by Gasteiger charge is -2.21. The molecule has 3 N–H and O–H groups in total. The molecule has 0 aromatic heterocycles. The van der Waals surface area contributed by atoms with Gasteiger partial charge in [0.1, 0.15) is 19.3 Å². The van der Waals surface area contributed by atoms with Gasteiger partial charge in [-0.15, -0.1) is 0 Å². The molecule has 19 heteroatoms. The minimum Gasteiger partial charge on any atom is -0.462 e. The van der Waals surface area contributed by atoms with Crippen molar-refractivity contribution in [1.82, 2.24) is 0 Å². The fourth-order valence-electron chi connectivity index (χ4n) is 9.24. The summed E-state index contributed by atoms with van der Waals surface area (Å²) in [5, 5.41) is 10.6. The number of aliphatic hydroxyl groups is 1. The summed E-state index contributed by atoms with van der Waals surface area (Å²) in [5.41, 5.74) is 0. The Morgan fingerprint density at radius 3 is 1.01 bits per heavy atom. The zero-order chi connectivity index (χ0) is 69.0. The molecule has 0 aliphatic carbocycles. The van der Waals surface area contributed by atoms with Gasteiger partial charge < -0.3 is 33.8 Å². The molecular formula is C75H128O17P2. The summed E-state index contributed by atoms with van der Waals surface area (Å²) >= 11 is 0. The van der Waals surface area contributed by atoms with Crippen LogP contribution in [0, 0.1) is 0 Å². The van der Waals surface area contributed by atoms with Crippen LogP contribution in [0.5, 0.6) is 0 Å². The number of allylic oxidation sites excluding steroid dienone is 17. The van der Waals surface area contributed by atoms with Gasteiger partial charge in [0, 0.05) is 19.3 Å². The minimum absolute atomic E-state index is 0.0583. The first-order chi connectivity index (χ1) is 45.7. The average Bonchev–Trinajstić information content (AvgIpc) is 1.36. The molecule has 0 saturated heterocycles. The predicted molar refractivity (Wildman–Crippen MR) is 381 cm³/mol. The average molecular weight is 1360 g/mol. The summed E-state index contributed by atoms with van der Waals surface area (Å²) in [7, 11) is -9.97. The van der Waals surface area contributed by atoms with Crippen molar-refractivity contribution in [3.8, 4) is 0 Å². The first kappa shape index (κ1) is 89.7. The molecule has 5 unspecified atom stereocenters. The van der Waals surface area contributed by atoms with Crippen LogP contribution < -0.4 is 0 Å². The van der Waals surface area contributed by atoms with Gasteiger partial charge in [0.15, 0.2) is 12.2 Å². The van der Waals surface area contributed by atoms with Gasteiger partial charge >= 0.3 is 39.5 Å². The van der Waals surface area contributed by atoms with Crippen molar-refractivity contribution in [2.45, 2.75) is 303 Å². The number of phosphoric ester groups is 2. The summed E-state index contributed by atoms with van der Waals surface area (Å²) in [5.74, 6) is -2.35. The number of hydrogen-bond donors (Lipinski definition) is 3. The Morgan fingerprint density at radius 2 is 0.617 bits per heavy atom. The van der Waals surface area contributed by atoms with Gasteiger partial charge in [-0.05, 0) is 109 Å². The minimum atomic E-state index is -4.99. The second-order valence-electron chi connectivity index (χ2n) is 23.8. The van der Waals surface area contributed by atoms with E-state index in [0.717, 1.165) is 148 Å². The van der Waals surface area contributed by atoms with E-state index in [1.54, 1.807) is 6.08 Å². The van der Waals surface area contributed by atoms with Crippen molar-refractivity contribution in [1.29, 1.82) is 0 Å². The Kier molecular flexibility index (Phi) is 64.2. The number of aliphatic hydroxyl groups excluding tert-OH is 1. The van der Waals surface area contributed by atoms with Crippen LogP contribution in [0.3, 0.4) is 0 Å². The smallest absolute Gasteiger partial charge is 0.462 e. The van der Waals surface area contributed by atoms with Crippen molar-refractivity contribution < 1.29 is 80.2 Å². The first-order valence-corrected chi connectivity index (χ1v) is 39.1. The number of rotatable bonds is 67. The first-order valence-electron chi connectivity index (χ1n) is 36.1. The van der Waals surface area contributed by atoms with Crippen molar-refractivity contribution in [2.75, 3.05) is 39.6 Å². The molecule has 0 radical (unpaired) electrons. The highest BCUT2D eigenvalue weighted by molar-refractivity contribution is 7.47. The molecule has 0 bridgehead atoms. The number of esters is 4. The van der Waals surface area contributed by atoms with Crippen LogP contribution in [-0.2, 0) is 65.4 Å². The zero-order valence-corrected chi connectivity index (χ0v) is 60.4. The highest BCUT2D eigenvalue weighted by Gasteiger charge is 2.30. The van der Waals surface area contributed by atoms with Crippen LogP contribution in [-0.4, -0.2) is 96.7 Å². The van der Waals surface area contributed by atoms with Gasteiger partial charge in [0.05, 0.1) is 32.8 Å². The van der Waals surface area contributed by atoms with E-state index < -0.39 is 97.5 Å². The Hall–Kier alpha value is -4.28. The van der Waals surface area contributed by atoms with E-state index in [0.29, 0.717) is 25.7 Å². The zero-order valence-electron chi connectivity index (χ0n) is 58.6. The van der Waals surface area contributed by atoms with E-state index in [2.05, 4.69) is 113 Å². The summed E-state index contributed by atoms with van der Waals surface area (Å²) in [6.07, 6.45) is 69.8. The van der Waals surface area contributed by atoms with Crippen LogP contribution in [0.15, 0.2) is 109 Å². The molecule has 17 nitrogen and oxygen atoms in total. The molecule has 0 aliphatic heterocycles. The van der Waals surface area contributed by atoms with Gasteiger partial charge in [-0.2, -0.15) is 0 Å². The molecule has 0 spiro atoms. The molecule has 0 aliphatic rings. The molecule has 0 rings (SSSR count). The number of phosphoric acid groups is 2. The van der Waals surface area contributed by atoms with Gasteiger partial charge in [-0.3, -0.25) is 37.3 Å². The maximum Gasteiger partial charge on any atom is 0.472 e. The number of ether oxygens (including phenoxy) is 4. The lowest BCUT2D eigenvalue weighted by Crippen LogP contribution is -2.30. The van der Waals surface area contributed by atoms with E-state index in [1.165, 1.54) is 57.8 Å². The normalized spacial score (nSPS) is 14.7. The second kappa shape index (κ2) is 67.3. The Morgan fingerprint density at radius 1 is 0.319 bits per heavy atom. The molecule has 0 aromatic rings. The van der Waals surface area contributed by atoms with Crippen LogP contribution in [0.25, 0.3) is 0 Å². The van der Waals surface area contributed by atoms with Gasteiger partial charge in [0.25, 0.3) is 0 Å². The van der Waals surface area contributed by atoms with Crippen LogP contribution in [0.4, 0.5) is 0 Å². The van der Waals surface area contributed by atoms with E-state index in [4.69, 9.17) is 37.0 Å². The fourth-order valence-corrected chi connectivity index (χ4v) is 10.8. The lowest BCUT2D eigenvalue weighted by molar-refractivity contribution is -0.161. The highest BCUT2D eigenvalue weighted by Crippen LogP contribution is 2.45. The molecule has 0 saturated carbocycles. The van der Waals surface area contributed by atoms with Crippen molar-refractivity contribution in [3.63, 3.8) is 0 Å². The molecule has 540 valence electrons. The number of carbonyl (C=O) groups excluding carboxylic acids is 4. The molecule has 0 aromatic carbocycles. The Bertz CT molecular complexity index is 2220. The van der Waals surface area contributed by atoms with Crippen molar-refractivity contribution in [3.05, 3.63) is 109 Å². The fraction of sp³-hybridized carbons (Fsp3) is 0.707. The lowest BCUT2D eigenvalue weighted by atomic mass is 10.1. The molecule has 0 amide bonds. The van der Waals surface area contributed by atoms with Crippen LogP contribution >= 0.6 is 15.6 Å². The quantitative estimate of drug-likeness (QED) is 0.0169. The predicted octanol–water partition coefficient (Wildman–Crippen LogP) is 20.2. The Labute approximate surface area is 569 Å². The van der Waals surface area contributed by atoms with E-state index in [1.807, 2.05) is 18.2 Å². The SMILES string of the molecule is CC/C=C\C/C=C\C/C=C\C/C=C\C/C=C\CC(=O)OCC(COP(=O)(O)OCC(O)COP(=O)(O)OCC(COC(=O)CCCCCCC/C=C\C/C=C\CCC)OC(=O)CCCCCCCCCCCCC)OC(=O)CCCCCCC/C=C\C/C=C\CCCCC. The monoisotopic (exact) mass is 1360 g/mol. The van der Waals surface area contributed by atoms with Gasteiger partial charge in [0.2, 0.25) is 0 Å². The molecule has 94 heavy (non-hydrogen) atoms. The standard InChI is InChI=1S/C75H128O17P2/c1-5-9-13-17-21-25-29-32-34-37-41-44-48-52-56-60-73(78)86-66-71(92-75(80)62-58-54-50-46-42-38-35-33-30-26-22-18-14-10-6-2)68-90-94(83,84)88-64-69(76)63-87-93(81,82)89-67-70(91-74(79)61-57-53-49-45-39-28-24-20-16-12-8-4)65-85-72(77)59-55-51-47-43-40-36-31-27-23-19-15-11-7-3/h9,13,15,19,21-22,25-27,31-35,41,44,52,56,69-71,76H,5-8,10-12,14,16-18,20,23-24,28-30,36-40,42-43,45-51,53-55,57-68H2,1-4H3,(H,81,82)(H,83,84)/b13-9-,19-15-,25-21-,26-22-,31-27-,34-32-,35-33-,44-41-,56-52-. The van der Waals surface area contributed by atoms with E-state index in [9.17, 15) is 43.2 Å². The summed E-state index contributed by atoms with van der Waals surface area (Å²) < 4.78 is 68.1.